The van der Waals surface area contributed by atoms with E-state index < -0.39 is 0 Å². The van der Waals surface area contributed by atoms with Crippen molar-refractivity contribution >= 4 is 5.69 Å². The number of rotatable bonds is 2. The Hall–Kier alpha value is -1.67. The number of hydrogen-bond acceptors (Lipinski definition) is 2. The molecule has 1 aromatic rings. The second-order valence-corrected chi connectivity index (χ2v) is 2.37. The highest BCUT2D eigenvalue weighted by atomic mass is 16.3. The molecule has 0 saturated heterocycles. The average molecular weight is 163 g/mol. The maximum absolute atomic E-state index is 9.20. The molecule has 0 fully saturated rings. The summed E-state index contributed by atoms with van der Waals surface area (Å²) in [5, 5.41) is 12.5. The molecule has 0 amide bonds. The van der Waals surface area contributed by atoms with Crippen molar-refractivity contribution in [3.05, 3.63) is 34.2 Å². The SMILES string of the molecule is CCc1ccc(O)c(N=[N+]=[N-])c1. The first kappa shape index (κ1) is 8.43. The number of phenols is 1. The van der Waals surface area contributed by atoms with Crippen LogP contribution in [0.2, 0.25) is 0 Å². The number of phenolic OH excluding ortho intramolecular Hbond substituents is 1. The largest absolute Gasteiger partial charge is 0.507 e. The van der Waals surface area contributed by atoms with Crippen molar-refractivity contribution < 1.29 is 5.11 Å². The highest BCUT2D eigenvalue weighted by Crippen LogP contribution is 2.27. The monoisotopic (exact) mass is 163 g/mol. The minimum atomic E-state index is 0.0185. The summed E-state index contributed by atoms with van der Waals surface area (Å²) in [6, 6.07) is 5.00. The van der Waals surface area contributed by atoms with Crippen LogP contribution in [0, 0.1) is 0 Å². The Labute approximate surface area is 70.1 Å². The van der Waals surface area contributed by atoms with Gasteiger partial charge in [0.2, 0.25) is 0 Å². The van der Waals surface area contributed by atoms with Crippen molar-refractivity contribution in [3.63, 3.8) is 0 Å². The Morgan fingerprint density at radius 3 is 2.92 bits per heavy atom. The highest BCUT2D eigenvalue weighted by Gasteiger charge is 1.98. The molecule has 4 heteroatoms. The van der Waals surface area contributed by atoms with E-state index in [1.165, 1.54) is 6.07 Å². The van der Waals surface area contributed by atoms with E-state index in [1.807, 2.05) is 6.92 Å². The van der Waals surface area contributed by atoms with Gasteiger partial charge in [0.15, 0.2) is 0 Å². The van der Waals surface area contributed by atoms with E-state index in [2.05, 4.69) is 10.0 Å². The second-order valence-electron chi connectivity index (χ2n) is 2.37. The minimum Gasteiger partial charge on any atom is -0.507 e. The molecule has 1 N–H and O–H groups in total. The molecule has 1 aromatic carbocycles. The van der Waals surface area contributed by atoms with Crippen LogP contribution in [0.15, 0.2) is 23.3 Å². The van der Waals surface area contributed by atoms with Gasteiger partial charge in [-0.05, 0) is 29.6 Å². The number of benzene rings is 1. The van der Waals surface area contributed by atoms with E-state index in [-0.39, 0.29) is 11.4 Å². The minimum absolute atomic E-state index is 0.0185. The first-order valence-electron chi connectivity index (χ1n) is 3.65. The molecule has 0 radical (unpaired) electrons. The molecule has 0 unspecified atom stereocenters. The van der Waals surface area contributed by atoms with Crippen LogP contribution in [0.25, 0.3) is 10.4 Å². The summed E-state index contributed by atoms with van der Waals surface area (Å²) in [5.41, 5.74) is 9.48. The molecule has 12 heavy (non-hydrogen) atoms. The normalized spacial score (nSPS) is 9.08. The third-order valence-corrected chi connectivity index (χ3v) is 1.60. The average Bonchev–Trinajstić information content (AvgIpc) is 2.09. The summed E-state index contributed by atoms with van der Waals surface area (Å²) in [7, 11) is 0. The molecule has 4 nitrogen and oxygen atoms in total. The Kier molecular flexibility index (Phi) is 2.56. The van der Waals surface area contributed by atoms with E-state index in [0.29, 0.717) is 0 Å². The lowest BCUT2D eigenvalue weighted by Crippen LogP contribution is -1.77. The summed E-state index contributed by atoms with van der Waals surface area (Å²) in [6.45, 7) is 1.99. The van der Waals surface area contributed by atoms with E-state index in [0.717, 1.165) is 12.0 Å². The Bertz CT molecular complexity index is 329. The van der Waals surface area contributed by atoms with Gasteiger partial charge in [0.1, 0.15) is 5.75 Å². The standard InChI is InChI=1S/C8H9N3O/c1-2-6-3-4-8(12)7(5-6)10-11-9/h3-5,12H,2H2,1H3. The third kappa shape index (κ3) is 1.68. The van der Waals surface area contributed by atoms with E-state index in [9.17, 15) is 5.11 Å². The molecule has 0 saturated carbocycles. The molecule has 0 aliphatic carbocycles. The summed E-state index contributed by atoms with van der Waals surface area (Å²) >= 11 is 0. The first-order chi connectivity index (χ1) is 5.77. The van der Waals surface area contributed by atoms with Crippen LogP contribution in [0.5, 0.6) is 5.75 Å². The van der Waals surface area contributed by atoms with Gasteiger partial charge in [-0.15, -0.1) is 0 Å². The molecular formula is C8H9N3O. The van der Waals surface area contributed by atoms with Crippen LogP contribution < -0.4 is 0 Å². The van der Waals surface area contributed by atoms with E-state index >= 15 is 0 Å². The molecule has 0 heterocycles. The van der Waals surface area contributed by atoms with Gasteiger partial charge in [-0.3, -0.25) is 0 Å². The van der Waals surface area contributed by atoms with Crippen molar-refractivity contribution in [1.29, 1.82) is 0 Å². The van der Waals surface area contributed by atoms with Crippen molar-refractivity contribution in [2.75, 3.05) is 0 Å². The van der Waals surface area contributed by atoms with Crippen molar-refractivity contribution in [1.82, 2.24) is 0 Å². The zero-order chi connectivity index (χ0) is 8.97. The van der Waals surface area contributed by atoms with Crippen LogP contribution in [0.4, 0.5) is 5.69 Å². The van der Waals surface area contributed by atoms with Crippen molar-refractivity contribution in [2.24, 2.45) is 5.11 Å². The first-order valence-corrected chi connectivity index (χ1v) is 3.65. The molecular weight excluding hydrogens is 154 g/mol. The quantitative estimate of drug-likeness (QED) is 0.406. The predicted molar refractivity (Wildman–Crippen MR) is 46.3 cm³/mol. The van der Waals surface area contributed by atoms with Crippen molar-refractivity contribution in [3.8, 4) is 5.75 Å². The van der Waals surface area contributed by atoms with Crippen LogP contribution in [0.3, 0.4) is 0 Å². The highest BCUT2D eigenvalue weighted by molar-refractivity contribution is 5.52. The topological polar surface area (TPSA) is 69.0 Å². The Balaban J connectivity index is 3.16. The second kappa shape index (κ2) is 3.64. The molecule has 62 valence electrons. The fraction of sp³-hybridized carbons (Fsp3) is 0.250. The van der Waals surface area contributed by atoms with Gasteiger partial charge in [-0.25, -0.2) is 0 Å². The lowest BCUT2D eigenvalue weighted by molar-refractivity contribution is 0.476. The van der Waals surface area contributed by atoms with Gasteiger partial charge in [0, 0.05) is 4.91 Å². The van der Waals surface area contributed by atoms with E-state index in [1.54, 1.807) is 12.1 Å². The molecule has 0 aromatic heterocycles. The summed E-state index contributed by atoms with van der Waals surface area (Å²) in [4.78, 5) is 2.61. The molecule has 0 aliphatic rings. The van der Waals surface area contributed by atoms with E-state index in [4.69, 9.17) is 5.53 Å². The number of hydrogen-bond donors (Lipinski definition) is 1. The fourth-order valence-electron chi connectivity index (χ4n) is 0.917. The van der Waals surface area contributed by atoms with Crippen LogP contribution in [-0.2, 0) is 6.42 Å². The van der Waals surface area contributed by atoms with Gasteiger partial charge in [0.25, 0.3) is 0 Å². The van der Waals surface area contributed by atoms with Crippen molar-refractivity contribution in [2.45, 2.75) is 13.3 Å². The van der Waals surface area contributed by atoms with Gasteiger partial charge in [-0.1, -0.05) is 18.1 Å². The smallest absolute Gasteiger partial charge is 0.125 e. The third-order valence-electron chi connectivity index (χ3n) is 1.60. The number of aromatic hydroxyl groups is 1. The molecule has 0 aliphatic heterocycles. The summed E-state index contributed by atoms with van der Waals surface area (Å²) in [5.74, 6) is 0.0185. The van der Waals surface area contributed by atoms with Crippen LogP contribution in [-0.4, -0.2) is 5.11 Å². The molecule has 0 atom stereocenters. The number of azide groups is 1. The molecule has 0 bridgehead atoms. The van der Waals surface area contributed by atoms with Crippen LogP contribution in [0.1, 0.15) is 12.5 Å². The summed E-state index contributed by atoms with van der Waals surface area (Å²) in [6.07, 6.45) is 0.855. The zero-order valence-electron chi connectivity index (χ0n) is 6.73. The lowest BCUT2D eigenvalue weighted by atomic mass is 10.1. The Morgan fingerprint density at radius 2 is 2.33 bits per heavy atom. The molecule has 0 spiro atoms. The van der Waals surface area contributed by atoms with Gasteiger partial charge in [0.05, 0.1) is 5.69 Å². The number of nitrogens with zero attached hydrogens (tertiary/aromatic N) is 3. The van der Waals surface area contributed by atoms with Gasteiger partial charge < -0.3 is 5.11 Å². The van der Waals surface area contributed by atoms with Gasteiger partial charge >= 0.3 is 0 Å². The zero-order valence-corrected chi connectivity index (χ0v) is 6.73. The van der Waals surface area contributed by atoms with Crippen LogP contribution >= 0.6 is 0 Å². The van der Waals surface area contributed by atoms with Gasteiger partial charge in [-0.2, -0.15) is 0 Å². The number of aryl methyl sites for hydroxylation is 1. The summed E-state index contributed by atoms with van der Waals surface area (Å²) < 4.78 is 0. The Morgan fingerprint density at radius 1 is 1.58 bits per heavy atom. The predicted octanol–water partition coefficient (Wildman–Crippen LogP) is 2.90. The maximum Gasteiger partial charge on any atom is 0.125 e. The fourth-order valence-corrected chi connectivity index (χ4v) is 0.917. The maximum atomic E-state index is 9.20. The lowest BCUT2D eigenvalue weighted by Gasteiger charge is -1.99. The molecule has 1 rings (SSSR count).